The third-order valence-electron chi connectivity index (χ3n) is 4.44. The molecule has 2 aromatic rings. The van der Waals surface area contributed by atoms with E-state index >= 15 is 0 Å². The van der Waals surface area contributed by atoms with Crippen LogP contribution in [-0.2, 0) is 17.6 Å². The van der Waals surface area contributed by atoms with Crippen molar-refractivity contribution in [3.8, 4) is 5.95 Å². The Morgan fingerprint density at radius 1 is 1.17 bits per heavy atom. The molecule has 7 nitrogen and oxygen atoms in total. The predicted molar refractivity (Wildman–Crippen MR) is 84.3 cm³/mol. The summed E-state index contributed by atoms with van der Waals surface area (Å²) in [6.07, 6.45) is 10.2. The van der Waals surface area contributed by atoms with E-state index in [1.165, 1.54) is 18.5 Å². The van der Waals surface area contributed by atoms with Gasteiger partial charge in [0.05, 0.1) is 11.4 Å². The van der Waals surface area contributed by atoms with Gasteiger partial charge in [-0.3, -0.25) is 9.36 Å². The monoisotopic (exact) mass is 310 g/mol. The Morgan fingerprint density at radius 2 is 1.96 bits per heavy atom. The second-order valence-corrected chi connectivity index (χ2v) is 6.12. The van der Waals surface area contributed by atoms with Crippen molar-refractivity contribution in [2.45, 2.75) is 39.0 Å². The van der Waals surface area contributed by atoms with E-state index in [-0.39, 0.29) is 11.8 Å². The number of hydrogen-bond donors (Lipinski definition) is 1. The maximum absolute atomic E-state index is 11.3. The van der Waals surface area contributed by atoms with Crippen LogP contribution in [0.3, 0.4) is 0 Å². The van der Waals surface area contributed by atoms with Crippen molar-refractivity contribution in [1.29, 1.82) is 0 Å². The molecule has 0 bridgehead atoms. The zero-order valence-electron chi connectivity index (χ0n) is 13.0. The Balaban J connectivity index is 1.64. The number of aromatic nitrogens is 4. The Morgan fingerprint density at radius 3 is 2.74 bits per heavy atom. The van der Waals surface area contributed by atoms with Crippen LogP contribution < -0.4 is 5.43 Å². The van der Waals surface area contributed by atoms with E-state index in [0.717, 1.165) is 29.8 Å². The molecule has 1 aliphatic carbocycles. The van der Waals surface area contributed by atoms with Crippen LogP contribution in [0.25, 0.3) is 5.95 Å². The highest BCUT2D eigenvalue weighted by Gasteiger charge is 2.22. The molecular weight excluding hydrogens is 292 g/mol. The number of imidazole rings is 1. The average Bonchev–Trinajstić information content (AvgIpc) is 2.99. The zero-order chi connectivity index (χ0) is 15.8. The number of aryl methyl sites for hydroxylation is 1. The van der Waals surface area contributed by atoms with Crippen molar-refractivity contribution < 1.29 is 4.79 Å². The quantitative estimate of drug-likeness (QED) is 0.908. The van der Waals surface area contributed by atoms with Gasteiger partial charge >= 0.3 is 0 Å². The lowest BCUT2D eigenvalue weighted by Gasteiger charge is -2.18. The van der Waals surface area contributed by atoms with Gasteiger partial charge in [0.1, 0.15) is 6.33 Å². The molecular formula is C16H18N6O. The second kappa shape index (κ2) is 5.57. The first-order valence-electron chi connectivity index (χ1n) is 7.96. The summed E-state index contributed by atoms with van der Waals surface area (Å²) in [5.74, 6) is 0.653. The summed E-state index contributed by atoms with van der Waals surface area (Å²) >= 11 is 0. The molecule has 2 aliphatic rings. The van der Waals surface area contributed by atoms with Crippen molar-refractivity contribution in [1.82, 2.24) is 24.9 Å². The van der Waals surface area contributed by atoms with E-state index < -0.39 is 0 Å². The van der Waals surface area contributed by atoms with Gasteiger partial charge in [-0.1, -0.05) is 6.92 Å². The molecule has 1 N–H and O–H groups in total. The molecule has 1 aliphatic heterocycles. The molecule has 4 rings (SSSR count). The second-order valence-electron chi connectivity index (χ2n) is 6.12. The molecule has 23 heavy (non-hydrogen) atoms. The van der Waals surface area contributed by atoms with Crippen molar-refractivity contribution in [3.63, 3.8) is 0 Å². The number of amides is 1. The van der Waals surface area contributed by atoms with Crippen LogP contribution in [0.2, 0.25) is 0 Å². The Bertz CT molecular complexity index is 776. The summed E-state index contributed by atoms with van der Waals surface area (Å²) in [6, 6.07) is 0. The SMILES string of the molecule is CC1CC(=O)NN=C1c1cnc(-n2cnc3c2CCCC3)nc1. The molecule has 7 heteroatoms. The van der Waals surface area contributed by atoms with Gasteiger partial charge in [0.15, 0.2) is 0 Å². The number of nitrogens with one attached hydrogen (secondary N) is 1. The summed E-state index contributed by atoms with van der Waals surface area (Å²) in [7, 11) is 0. The molecule has 0 fully saturated rings. The van der Waals surface area contributed by atoms with Crippen molar-refractivity contribution in [2.24, 2.45) is 11.0 Å². The number of nitrogens with zero attached hydrogens (tertiary/aromatic N) is 5. The first kappa shape index (κ1) is 14.0. The van der Waals surface area contributed by atoms with Gasteiger partial charge < -0.3 is 0 Å². The molecule has 118 valence electrons. The zero-order valence-corrected chi connectivity index (χ0v) is 13.0. The van der Waals surface area contributed by atoms with E-state index in [2.05, 4.69) is 25.5 Å². The lowest BCUT2D eigenvalue weighted by molar-refractivity contribution is -0.121. The normalized spacial score (nSPS) is 20.7. The first-order chi connectivity index (χ1) is 11.2. The van der Waals surface area contributed by atoms with Crippen LogP contribution in [0, 0.1) is 5.92 Å². The van der Waals surface area contributed by atoms with Crippen LogP contribution in [0.15, 0.2) is 23.8 Å². The summed E-state index contributed by atoms with van der Waals surface area (Å²) in [5.41, 5.74) is 6.57. The average molecular weight is 310 g/mol. The van der Waals surface area contributed by atoms with Crippen molar-refractivity contribution in [2.75, 3.05) is 0 Å². The van der Waals surface area contributed by atoms with Gasteiger partial charge in [-0.15, -0.1) is 0 Å². The number of fused-ring (bicyclic) bond motifs is 1. The highest BCUT2D eigenvalue weighted by molar-refractivity contribution is 6.05. The van der Waals surface area contributed by atoms with E-state index in [9.17, 15) is 4.79 Å². The molecule has 0 saturated carbocycles. The maximum Gasteiger partial charge on any atom is 0.240 e. The minimum Gasteiger partial charge on any atom is -0.273 e. The minimum atomic E-state index is -0.0520. The van der Waals surface area contributed by atoms with Crippen LogP contribution >= 0.6 is 0 Å². The fourth-order valence-electron chi connectivity index (χ4n) is 3.22. The Kier molecular flexibility index (Phi) is 3.40. The summed E-state index contributed by atoms with van der Waals surface area (Å²) < 4.78 is 1.98. The highest BCUT2D eigenvalue weighted by Crippen LogP contribution is 2.22. The molecule has 1 unspecified atom stereocenters. The standard InChI is InChI=1S/C16H18N6O/c1-10-6-14(23)20-21-15(10)11-7-17-16(18-8-11)22-9-19-12-4-2-3-5-13(12)22/h7-10H,2-6H2,1H3,(H,20,23). The molecule has 0 spiro atoms. The molecule has 0 radical (unpaired) electrons. The molecule has 0 aromatic carbocycles. The largest absolute Gasteiger partial charge is 0.273 e. The predicted octanol–water partition coefficient (Wildman–Crippen LogP) is 1.40. The van der Waals surface area contributed by atoms with Gasteiger partial charge in [-0.25, -0.2) is 20.4 Å². The third kappa shape index (κ3) is 2.52. The smallest absolute Gasteiger partial charge is 0.240 e. The summed E-state index contributed by atoms with van der Waals surface area (Å²) in [4.78, 5) is 24.8. The molecule has 1 atom stereocenters. The van der Waals surface area contributed by atoms with Crippen LogP contribution in [0.5, 0.6) is 0 Å². The lowest BCUT2D eigenvalue weighted by atomic mass is 9.96. The fourth-order valence-corrected chi connectivity index (χ4v) is 3.22. The molecule has 3 heterocycles. The summed E-state index contributed by atoms with van der Waals surface area (Å²) in [6.45, 7) is 1.98. The van der Waals surface area contributed by atoms with Gasteiger partial charge in [0, 0.05) is 36.0 Å². The van der Waals surface area contributed by atoms with Crippen molar-refractivity contribution in [3.05, 3.63) is 35.7 Å². The molecule has 0 saturated heterocycles. The van der Waals surface area contributed by atoms with Gasteiger partial charge in [0.2, 0.25) is 11.9 Å². The van der Waals surface area contributed by atoms with E-state index in [0.29, 0.717) is 12.4 Å². The third-order valence-corrected chi connectivity index (χ3v) is 4.44. The molecule has 1 amide bonds. The summed E-state index contributed by atoms with van der Waals surface area (Å²) in [5, 5.41) is 4.14. The Labute approximate surface area is 133 Å². The minimum absolute atomic E-state index is 0.0520. The number of carbonyl (C=O) groups excluding carboxylic acids is 1. The van der Waals surface area contributed by atoms with Crippen LogP contribution in [0.4, 0.5) is 0 Å². The van der Waals surface area contributed by atoms with E-state index in [4.69, 9.17) is 0 Å². The van der Waals surface area contributed by atoms with Gasteiger partial charge in [0.25, 0.3) is 0 Å². The number of carbonyl (C=O) groups is 1. The number of hydrogen-bond acceptors (Lipinski definition) is 5. The molecule has 2 aromatic heterocycles. The van der Waals surface area contributed by atoms with Crippen LogP contribution in [-0.4, -0.2) is 31.1 Å². The number of hydrazone groups is 1. The topological polar surface area (TPSA) is 85.1 Å². The maximum atomic E-state index is 11.3. The van der Waals surface area contributed by atoms with Crippen LogP contribution in [0.1, 0.15) is 43.1 Å². The van der Waals surface area contributed by atoms with E-state index in [1.807, 2.05) is 17.8 Å². The van der Waals surface area contributed by atoms with Gasteiger partial charge in [-0.2, -0.15) is 5.10 Å². The number of rotatable bonds is 2. The van der Waals surface area contributed by atoms with Gasteiger partial charge in [-0.05, 0) is 25.7 Å². The Hall–Kier alpha value is -2.57. The first-order valence-corrected chi connectivity index (χ1v) is 7.96. The van der Waals surface area contributed by atoms with Crippen molar-refractivity contribution >= 4 is 11.6 Å². The lowest BCUT2D eigenvalue weighted by Crippen LogP contribution is -2.32. The highest BCUT2D eigenvalue weighted by atomic mass is 16.2. The fraction of sp³-hybridized carbons (Fsp3) is 0.438. The van der Waals surface area contributed by atoms with E-state index in [1.54, 1.807) is 12.4 Å².